The van der Waals surface area contributed by atoms with Gasteiger partial charge in [-0.1, -0.05) is 26.4 Å². The van der Waals surface area contributed by atoms with Crippen molar-refractivity contribution in [2.75, 3.05) is 0 Å². The Morgan fingerprint density at radius 2 is 1.86 bits per heavy atom. The summed E-state index contributed by atoms with van der Waals surface area (Å²) in [5.41, 5.74) is 0. The predicted octanol–water partition coefficient (Wildman–Crippen LogP) is 1.56. The summed E-state index contributed by atoms with van der Waals surface area (Å²) >= 11 is 0. The Morgan fingerprint density at radius 1 is 1.43 bits per heavy atom. The molecule has 0 aromatic rings. The molecule has 2 heteroatoms. The minimum Gasteiger partial charge on any atom is -0.351 e. The van der Waals surface area contributed by atoms with Crippen molar-refractivity contribution in [2.24, 2.45) is 5.40 Å². The summed E-state index contributed by atoms with van der Waals surface area (Å²) in [7, 11) is -1.16. The molecule has 0 aliphatic rings. The van der Waals surface area contributed by atoms with Crippen LogP contribution < -0.4 is 5.40 Å². The molecule has 0 rings (SSSR count). The van der Waals surface area contributed by atoms with E-state index in [1.54, 1.807) is 0 Å². The van der Waals surface area contributed by atoms with Gasteiger partial charge >= 0.3 is 0 Å². The van der Waals surface area contributed by atoms with Gasteiger partial charge in [0.25, 0.3) is 0 Å². The van der Waals surface area contributed by atoms with Gasteiger partial charge in [-0.2, -0.15) is 0 Å². The molecule has 44 valence electrons. The van der Waals surface area contributed by atoms with E-state index in [1.165, 1.54) is 12.5 Å². The molecular weight excluding hydrogens is 102 g/mol. The topological polar surface area (TPSA) is 26.0 Å². The van der Waals surface area contributed by atoms with Crippen molar-refractivity contribution in [3.8, 4) is 0 Å². The van der Waals surface area contributed by atoms with Crippen LogP contribution in [0, 0.1) is 0 Å². The highest BCUT2D eigenvalue weighted by Crippen LogP contribution is 2.02. The van der Waals surface area contributed by atoms with E-state index in [0.29, 0.717) is 0 Å². The minimum absolute atomic E-state index is 1.16. The van der Waals surface area contributed by atoms with Crippen LogP contribution in [-0.4, -0.2) is 8.24 Å². The Balaban J connectivity index is 3.15. The van der Waals surface area contributed by atoms with Crippen LogP contribution in [0.15, 0.2) is 0 Å². The van der Waals surface area contributed by atoms with Gasteiger partial charge in [0, 0.05) is 0 Å². The highest BCUT2D eigenvalue weighted by molar-refractivity contribution is 6.74. The first-order chi connectivity index (χ1) is 3.06. The number of hydrogen-bond acceptors (Lipinski definition) is 1. The van der Waals surface area contributed by atoms with Crippen LogP contribution in [0.25, 0.3) is 0 Å². The Kier molecular flexibility index (Phi) is 2.54. The van der Waals surface area contributed by atoms with E-state index < -0.39 is 8.24 Å². The first-order valence-electron chi connectivity index (χ1n) is 2.85. The number of nitrogens with two attached hydrogens (primary N) is 1. The standard InChI is InChI=1S/C5H15NSi/c1-4-5-7(2,3)6/h4-6H2,1-3H3. The summed E-state index contributed by atoms with van der Waals surface area (Å²) in [4.78, 5) is 0. The average Bonchev–Trinajstić information content (AvgIpc) is 1.30. The molecule has 0 atom stereocenters. The molecule has 0 radical (unpaired) electrons. The molecule has 1 nitrogen and oxygen atoms in total. The molecule has 0 aliphatic heterocycles. The van der Waals surface area contributed by atoms with Gasteiger partial charge in [0.15, 0.2) is 0 Å². The smallest absolute Gasteiger partial charge is 0.116 e. The van der Waals surface area contributed by atoms with Gasteiger partial charge in [-0.25, -0.2) is 0 Å². The molecule has 0 aliphatic carbocycles. The van der Waals surface area contributed by atoms with E-state index in [9.17, 15) is 0 Å². The largest absolute Gasteiger partial charge is 0.351 e. The summed E-state index contributed by atoms with van der Waals surface area (Å²) in [6.07, 6.45) is 1.25. The lowest BCUT2D eigenvalue weighted by atomic mass is 10.6. The maximum absolute atomic E-state index is 5.78. The van der Waals surface area contributed by atoms with Crippen LogP contribution in [0.1, 0.15) is 13.3 Å². The van der Waals surface area contributed by atoms with Crippen molar-refractivity contribution in [1.82, 2.24) is 0 Å². The Hall–Kier alpha value is 0.177. The molecule has 7 heavy (non-hydrogen) atoms. The molecule has 0 bridgehead atoms. The van der Waals surface area contributed by atoms with Crippen molar-refractivity contribution in [3.63, 3.8) is 0 Å². The SMILES string of the molecule is CCC[Si](C)(C)N. The lowest BCUT2D eigenvalue weighted by molar-refractivity contribution is 1.04. The van der Waals surface area contributed by atoms with Gasteiger partial charge in [0.1, 0.15) is 8.24 Å². The average molecular weight is 117 g/mol. The molecule has 2 N–H and O–H groups in total. The summed E-state index contributed by atoms with van der Waals surface area (Å²) in [6, 6.07) is 1.26. The molecular formula is C5H15NSi. The normalized spacial score (nSPS) is 12.0. The first-order valence-corrected chi connectivity index (χ1v) is 6.13. The lowest BCUT2D eigenvalue weighted by Gasteiger charge is -2.12. The van der Waals surface area contributed by atoms with Crippen LogP contribution >= 0.6 is 0 Å². The second-order valence-electron chi connectivity index (χ2n) is 2.74. The Morgan fingerprint density at radius 3 is 1.86 bits per heavy atom. The van der Waals surface area contributed by atoms with Crippen LogP contribution in [0.2, 0.25) is 19.1 Å². The van der Waals surface area contributed by atoms with Crippen molar-refractivity contribution in [3.05, 3.63) is 0 Å². The fourth-order valence-corrected chi connectivity index (χ4v) is 1.93. The summed E-state index contributed by atoms with van der Waals surface area (Å²) < 4.78 is 0. The van der Waals surface area contributed by atoms with Gasteiger partial charge < -0.3 is 5.40 Å². The van der Waals surface area contributed by atoms with Crippen LogP contribution in [-0.2, 0) is 0 Å². The van der Waals surface area contributed by atoms with Gasteiger partial charge in [0.05, 0.1) is 0 Å². The maximum atomic E-state index is 5.78. The highest BCUT2D eigenvalue weighted by Gasteiger charge is 2.10. The monoisotopic (exact) mass is 117 g/mol. The van der Waals surface area contributed by atoms with Crippen LogP contribution in [0.3, 0.4) is 0 Å². The highest BCUT2D eigenvalue weighted by atomic mass is 28.3. The minimum atomic E-state index is -1.16. The Bertz CT molecular complexity index is 46.5. The molecule has 0 heterocycles. The second kappa shape index (κ2) is 2.48. The quantitative estimate of drug-likeness (QED) is 0.546. The van der Waals surface area contributed by atoms with Crippen molar-refractivity contribution in [1.29, 1.82) is 0 Å². The number of hydrogen-bond donors (Lipinski definition) is 1. The van der Waals surface area contributed by atoms with E-state index in [4.69, 9.17) is 5.40 Å². The third-order valence-corrected chi connectivity index (χ3v) is 2.68. The third-order valence-electron chi connectivity index (χ3n) is 0.894. The number of rotatable bonds is 2. The molecule has 0 saturated heterocycles. The van der Waals surface area contributed by atoms with E-state index in [2.05, 4.69) is 20.0 Å². The maximum Gasteiger partial charge on any atom is 0.116 e. The van der Waals surface area contributed by atoms with Crippen molar-refractivity contribution >= 4 is 8.24 Å². The van der Waals surface area contributed by atoms with Gasteiger partial charge in [-0.15, -0.1) is 0 Å². The summed E-state index contributed by atoms with van der Waals surface area (Å²) in [5.74, 6) is 0. The van der Waals surface area contributed by atoms with Crippen LogP contribution in [0.5, 0.6) is 0 Å². The summed E-state index contributed by atoms with van der Waals surface area (Å²) in [5, 5.41) is 5.78. The van der Waals surface area contributed by atoms with Crippen molar-refractivity contribution in [2.45, 2.75) is 32.5 Å². The molecule has 0 unspecified atom stereocenters. The molecule has 0 amide bonds. The zero-order valence-electron chi connectivity index (χ0n) is 5.49. The van der Waals surface area contributed by atoms with E-state index in [-0.39, 0.29) is 0 Å². The van der Waals surface area contributed by atoms with Gasteiger partial charge in [-0.05, 0) is 6.04 Å². The van der Waals surface area contributed by atoms with Crippen molar-refractivity contribution < 1.29 is 0 Å². The molecule has 0 spiro atoms. The third kappa shape index (κ3) is 6.18. The van der Waals surface area contributed by atoms with E-state index >= 15 is 0 Å². The first kappa shape index (κ1) is 7.18. The second-order valence-corrected chi connectivity index (χ2v) is 7.22. The molecule has 0 saturated carbocycles. The molecule has 0 fully saturated rings. The predicted molar refractivity (Wildman–Crippen MR) is 36.8 cm³/mol. The molecule has 0 aromatic heterocycles. The Labute approximate surface area is 47.0 Å². The van der Waals surface area contributed by atoms with Gasteiger partial charge in [-0.3, -0.25) is 0 Å². The zero-order chi connectivity index (χ0) is 5.91. The fourth-order valence-electron chi connectivity index (χ4n) is 0.644. The van der Waals surface area contributed by atoms with Crippen LogP contribution in [0.4, 0.5) is 0 Å². The molecule has 0 aromatic carbocycles. The van der Waals surface area contributed by atoms with E-state index in [0.717, 1.165) is 0 Å². The van der Waals surface area contributed by atoms with Gasteiger partial charge in [0.2, 0.25) is 0 Å². The van der Waals surface area contributed by atoms with E-state index in [1.807, 2.05) is 0 Å². The summed E-state index contributed by atoms with van der Waals surface area (Å²) in [6.45, 7) is 6.56. The zero-order valence-corrected chi connectivity index (χ0v) is 6.49. The lowest BCUT2D eigenvalue weighted by Crippen LogP contribution is -2.37. The fraction of sp³-hybridized carbons (Fsp3) is 1.00.